The zero-order chi connectivity index (χ0) is 28.7. The van der Waals surface area contributed by atoms with Crippen molar-refractivity contribution in [3.05, 3.63) is 65.4 Å². The molecule has 0 spiro atoms. The van der Waals surface area contributed by atoms with Gasteiger partial charge in [0.25, 0.3) is 0 Å². The van der Waals surface area contributed by atoms with Gasteiger partial charge in [-0.2, -0.15) is 0 Å². The number of ether oxygens (including phenoxy) is 4. The SMILES string of the molecule is COc1cc(CCC(=O)C=C(O)/C=C/c2ccc(OC3O[C@H](C(=O)O)[C@@H](O)[C@H](O)[C@H]3O)c(OC)c2)ccc1O. The van der Waals surface area contributed by atoms with Crippen LogP contribution < -0.4 is 14.2 Å². The standard InChI is InChI=1S/C27H30O12/c1-36-20-11-14(5-9-18(20)30)3-7-16(28)13-17(29)8-4-15-6-10-19(21(12-15)37-2)38-27-24(33)22(31)23(32)25(39-27)26(34)35/h4-6,8-13,22-25,27,29-33H,3,7H2,1-2H3,(H,34,35)/b8-4+,17-13?/t22-,23-,24+,25-,27?/m0/s1. The number of aliphatic carboxylic acids is 1. The molecular weight excluding hydrogens is 516 g/mol. The van der Waals surface area contributed by atoms with E-state index >= 15 is 0 Å². The van der Waals surface area contributed by atoms with Gasteiger partial charge in [-0.1, -0.05) is 18.2 Å². The number of aliphatic hydroxyl groups excluding tert-OH is 4. The summed E-state index contributed by atoms with van der Waals surface area (Å²) in [6.45, 7) is 0. The molecule has 1 aliphatic rings. The Kier molecular flexibility index (Phi) is 9.90. The quantitative estimate of drug-likeness (QED) is 0.135. The zero-order valence-corrected chi connectivity index (χ0v) is 21.1. The molecule has 1 fully saturated rings. The summed E-state index contributed by atoms with van der Waals surface area (Å²) in [5.74, 6) is -1.64. The Balaban J connectivity index is 1.63. The maximum absolute atomic E-state index is 12.2. The first-order valence-corrected chi connectivity index (χ1v) is 11.8. The van der Waals surface area contributed by atoms with Crippen molar-refractivity contribution >= 4 is 17.8 Å². The number of aliphatic hydroxyl groups is 4. The summed E-state index contributed by atoms with van der Waals surface area (Å²) in [5.41, 5.74) is 1.32. The third kappa shape index (κ3) is 7.48. The third-order valence-corrected chi connectivity index (χ3v) is 5.90. The highest BCUT2D eigenvalue weighted by atomic mass is 16.7. The van der Waals surface area contributed by atoms with Crippen LogP contribution in [0.25, 0.3) is 6.08 Å². The monoisotopic (exact) mass is 546 g/mol. The van der Waals surface area contributed by atoms with Crippen LogP contribution in [0.5, 0.6) is 23.0 Å². The van der Waals surface area contributed by atoms with Gasteiger partial charge in [0.1, 0.15) is 24.1 Å². The maximum Gasteiger partial charge on any atom is 0.335 e. The predicted octanol–water partition coefficient (Wildman–Crippen LogP) is 1.34. The van der Waals surface area contributed by atoms with E-state index in [1.54, 1.807) is 18.2 Å². The highest BCUT2D eigenvalue weighted by Crippen LogP contribution is 2.32. The van der Waals surface area contributed by atoms with Crippen LogP contribution >= 0.6 is 0 Å². The summed E-state index contributed by atoms with van der Waals surface area (Å²) in [6, 6.07) is 9.27. The lowest BCUT2D eigenvalue weighted by molar-refractivity contribution is -0.271. The van der Waals surface area contributed by atoms with Crippen molar-refractivity contribution in [3.63, 3.8) is 0 Å². The molecule has 5 atom stereocenters. The van der Waals surface area contributed by atoms with E-state index in [-0.39, 0.29) is 35.2 Å². The van der Waals surface area contributed by atoms with Crippen molar-refractivity contribution in [2.24, 2.45) is 0 Å². The molecule has 0 bridgehead atoms. The number of carboxylic acid groups (broad SMARTS) is 1. The van der Waals surface area contributed by atoms with Crippen molar-refractivity contribution < 1.29 is 59.2 Å². The second-order valence-corrected chi connectivity index (χ2v) is 8.64. The van der Waals surface area contributed by atoms with Gasteiger partial charge in [-0.15, -0.1) is 0 Å². The fourth-order valence-electron chi connectivity index (χ4n) is 3.77. The molecule has 0 saturated carbocycles. The molecule has 210 valence electrons. The minimum absolute atomic E-state index is 0.00291. The van der Waals surface area contributed by atoms with Gasteiger partial charge in [0.05, 0.1) is 14.2 Å². The number of carbonyl (C=O) groups excluding carboxylic acids is 1. The topological polar surface area (TPSA) is 192 Å². The molecule has 12 heteroatoms. The molecule has 1 unspecified atom stereocenters. The van der Waals surface area contributed by atoms with Gasteiger partial charge in [0.2, 0.25) is 6.29 Å². The molecule has 3 rings (SSSR count). The number of carboxylic acids is 1. The zero-order valence-electron chi connectivity index (χ0n) is 21.1. The van der Waals surface area contributed by atoms with Gasteiger partial charge < -0.3 is 49.6 Å². The number of aromatic hydroxyl groups is 1. The summed E-state index contributed by atoms with van der Waals surface area (Å²) >= 11 is 0. The summed E-state index contributed by atoms with van der Waals surface area (Å²) in [5, 5.41) is 58.9. The fourth-order valence-corrected chi connectivity index (χ4v) is 3.77. The molecule has 1 aliphatic heterocycles. The molecule has 39 heavy (non-hydrogen) atoms. The molecule has 0 radical (unpaired) electrons. The molecule has 2 aromatic carbocycles. The van der Waals surface area contributed by atoms with Crippen molar-refractivity contribution in [1.29, 1.82) is 0 Å². The Morgan fingerprint density at radius 3 is 2.31 bits per heavy atom. The first kappa shape index (κ1) is 29.5. The average molecular weight is 547 g/mol. The number of allylic oxidation sites excluding steroid dienone is 2. The summed E-state index contributed by atoms with van der Waals surface area (Å²) in [4.78, 5) is 23.5. The number of phenols is 1. The smallest absolute Gasteiger partial charge is 0.335 e. The maximum atomic E-state index is 12.2. The third-order valence-electron chi connectivity index (χ3n) is 5.90. The Morgan fingerprint density at radius 1 is 0.923 bits per heavy atom. The largest absolute Gasteiger partial charge is 0.508 e. The summed E-state index contributed by atoms with van der Waals surface area (Å²) in [7, 11) is 2.77. The number of methoxy groups -OCH3 is 2. The Bertz CT molecular complexity index is 1240. The number of benzene rings is 2. The lowest BCUT2D eigenvalue weighted by Crippen LogP contribution is -2.61. The van der Waals surface area contributed by atoms with Gasteiger partial charge in [0.15, 0.2) is 34.9 Å². The van der Waals surface area contributed by atoms with E-state index in [9.17, 15) is 40.2 Å². The van der Waals surface area contributed by atoms with Crippen LogP contribution in [0.1, 0.15) is 17.5 Å². The van der Waals surface area contributed by atoms with Gasteiger partial charge in [-0.25, -0.2) is 4.79 Å². The van der Waals surface area contributed by atoms with E-state index in [2.05, 4.69) is 0 Å². The normalized spacial score (nSPS) is 23.4. The highest BCUT2D eigenvalue weighted by Gasteiger charge is 2.48. The van der Waals surface area contributed by atoms with E-state index in [0.29, 0.717) is 17.7 Å². The van der Waals surface area contributed by atoms with E-state index in [1.165, 1.54) is 44.6 Å². The van der Waals surface area contributed by atoms with Gasteiger partial charge in [0, 0.05) is 12.5 Å². The van der Waals surface area contributed by atoms with E-state index in [1.807, 2.05) is 0 Å². The van der Waals surface area contributed by atoms with E-state index < -0.39 is 36.7 Å². The van der Waals surface area contributed by atoms with Gasteiger partial charge >= 0.3 is 5.97 Å². The van der Waals surface area contributed by atoms with Crippen LogP contribution in [-0.2, 0) is 20.7 Å². The number of hydrogen-bond donors (Lipinski definition) is 6. The Labute approximate surface area is 223 Å². The molecular formula is C27H30O12. The molecule has 0 amide bonds. The highest BCUT2D eigenvalue weighted by molar-refractivity contribution is 5.90. The van der Waals surface area contributed by atoms with E-state index in [0.717, 1.165) is 11.6 Å². The van der Waals surface area contributed by atoms with Gasteiger partial charge in [-0.05, 0) is 47.9 Å². The molecule has 6 N–H and O–H groups in total. The van der Waals surface area contributed by atoms with Crippen LogP contribution in [0.4, 0.5) is 0 Å². The number of ketones is 1. The van der Waals surface area contributed by atoms with Crippen molar-refractivity contribution in [2.45, 2.75) is 43.5 Å². The minimum atomic E-state index is -1.85. The van der Waals surface area contributed by atoms with Crippen molar-refractivity contribution in [3.8, 4) is 23.0 Å². The number of hydrogen-bond acceptors (Lipinski definition) is 11. The molecule has 1 saturated heterocycles. The number of phenolic OH excluding ortho intramolecular Hbond substituents is 1. The Morgan fingerprint density at radius 2 is 1.64 bits per heavy atom. The fraction of sp³-hybridized carbons (Fsp3) is 0.333. The molecule has 12 nitrogen and oxygen atoms in total. The molecule has 1 heterocycles. The van der Waals surface area contributed by atoms with Crippen LogP contribution in [-0.4, -0.2) is 87.3 Å². The van der Waals surface area contributed by atoms with Crippen LogP contribution in [0, 0.1) is 0 Å². The summed E-state index contributed by atoms with van der Waals surface area (Å²) in [6.07, 6.45) is -4.44. The van der Waals surface area contributed by atoms with E-state index in [4.69, 9.17) is 18.9 Å². The lowest BCUT2D eigenvalue weighted by Gasteiger charge is -2.38. The number of rotatable bonds is 11. The molecule has 0 aliphatic carbocycles. The average Bonchev–Trinajstić information content (AvgIpc) is 2.91. The van der Waals surface area contributed by atoms with Crippen LogP contribution in [0.3, 0.4) is 0 Å². The molecule has 0 aromatic heterocycles. The first-order valence-electron chi connectivity index (χ1n) is 11.8. The predicted molar refractivity (Wildman–Crippen MR) is 136 cm³/mol. The second-order valence-electron chi connectivity index (χ2n) is 8.64. The van der Waals surface area contributed by atoms with Crippen molar-refractivity contribution in [2.75, 3.05) is 14.2 Å². The summed E-state index contributed by atoms with van der Waals surface area (Å²) < 4.78 is 21.0. The van der Waals surface area contributed by atoms with Crippen LogP contribution in [0.15, 0.2) is 54.3 Å². The minimum Gasteiger partial charge on any atom is -0.508 e. The van der Waals surface area contributed by atoms with Crippen LogP contribution in [0.2, 0.25) is 0 Å². The second kappa shape index (κ2) is 13.1. The van der Waals surface area contributed by atoms with Gasteiger partial charge in [-0.3, -0.25) is 4.79 Å². The number of aryl methyl sites for hydroxylation is 1. The molecule has 2 aromatic rings. The number of carbonyl (C=O) groups is 2. The van der Waals surface area contributed by atoms with Crippen molar-refractivity contribution in [1.82, 2.24) is 0 Å². The lowest BCUT2D eigenvalue weighted by atomic mass is 9.99. The Hall–Kier alpha value is -4.10. The first-order chi connectivity index (χ1) is 18.5.